The van der Waals surface area contributed by atoms with Crippen molar-refractivity contribution >= 4 is 11.6 Å². The normalized spacial score (nSPS) is 17.5. The van der Waals surface area contributed by atoms with Gasteiger partial charge >= 0.3 is 0 Å². The summed E-state index contributed by atoms with van der Waals surface area (Å²) in [6.45, 7) is 10.0. The van der Waals surface area contributed by atoms with Crippen molar-refractivity contribution in [1.82, 2.24) is 4.90 Å². The standard InChI is InChI=1S/C20H32N2O3/c1-16(2)15-20(3,24-4)19(23)21-17-7-9-18(10-8-17)25-14-13-22-11-5-6-12-22/h7-10,16H,5-6,11-15H2,1-4H3,(H,21,23)/t20-/m0/s1. The molecule has 2 rings (SSSR count). The number of nitrogens with one attached hydrogen (secondary N) is 1. The Balaban J connectivity index is 1.83. The quantitative estimate of drug-likeness (QED) is 0.741. The lowest BCUT2D eigenvalue weighted by atomic mass is 9.93. The van der Waals surface area contributed by atoms with Gasteiger partial charge in [-0.2, -0.15) is 0 Å². The third-order valence-corrected chi connectivity index (χ3v) is 4.72. The number of likely N-dealkylation sites (tertiary alicyclic amines) is 1. The molecule has 1 amide bonds. The molecule has 5 nitrogen and oxygen atoms in total. The Hall–Kier alpha value is -1.59. The van der Waals surface area contributed by atoms with Gasteiger partial charge in [0.05, 0.1) is 0 Å². The zero-order chi connectivity index (χ0) is 18.3. The molecule has 0 saturated carbocycles. The highest BCUT2D eigenvalue weighted by Gasteiger charge is 2.33. The maximum Gasteiger partial charge on any atom is 0.256 e. The Kier molecular flexibility index (Phi) is 7.26. The maximum absolute atomic E-state index is 12.5. The van der Waals surface area contributed by atoms with E-state index in [9.17, 15) is 4.79 Å². The number of benzene rings is 1. The second kappa shape index (κ2) is 9.20. The van der Waals surface area contributed by atoms with Gasteiger partial charge in [0.15, 0.2) is 0 Å². The number of rotatable bonds is 9. The fraction of sp³-hybridized carbons (Fsp3) is 0.650. The first-order valence-electron chi connectivity index (χ1n) is 9.25. The summed E-state index contributed by atoms with van der Waals surface area (Å²) in [6.07, 6.45) is 3.27. The summed E-state index contributed by atoms with van der Waals surface area (Å²) in [7, 11) is 1.58. The third-order valence-electron chi connectivity index (χ3n) is 4.72. The molecule has 0 aliphatic carbocycles. The lowest BCUT2D eigenvalue weighted by Crippen LogP contribution is -2.43. The monoisotopic (exact) mass is 348 g/mol. The SMILES string of the molecule is CO[C@@](C)(CC(C)C)C(=O)Nc1ccc(OCCN2CCCC2)cc1. The van der Waals surface area contributed by atoms with Gasteiger partial charge in [-0.25, -0.2) is 0 Å². The molecule has 1 aliphatic heterocycles. The Morgan fingerprint density at radius 3 is 2.44 bits per heavy atom. The summed E-state index contributed by atoms with van der Waals surface area (Å²) in [5, 5.41) is 2.94. The van der Waals surface area contributed by atoms with E-state index in [-0.39, 0.29) is 5.91 Å². The largest absolute Gasteiger partial charge is 0.492 e. The summed E-state index contributed by atoms with van der Waals surface area (Å²) in [4.78, 5) is 15.0. The summed E-state index contributed by atoms with van der Waals surface area (Å²) in [5.41, 5.74) is -0.0667. The molecule has 1 N–H and O–H groups in total. The zero-order valence-electron chi connectivity index (χ0n) is 16.0. The van der Waals surface area contributed by atoms with E-state index in [1.54, 1.807) is 7.11 Å². The topological polar surface area (TPSA) is 50.8 Å². The van der Waals surface area contributed by atoms with Crippen LogP contribution in [0.1, 0.15) is 40.0 Å². The first kappa shape index (κ1) is 19.7. The number of nitrogens with zero attached hydrogens (tertiary/aromatic N) is 1. The molecule has 0 aromatic heterocycles. The van der Waals surface area contributed by atoms with E-state index in [4.69, 9.17) is 9.47 Å². The molecule has 140 valence electrons. The van der Waals surface area contributed by atoms with Gasteiger partial charge in [-0.05, 0) is 69.5 Å². The molecule has 0 spiro atoms. The predicted molar refractivity (Wildman–Crippen MR) is 101 cm³/mol. The van der Waals surface area contributed by atoms with Crippen molar-refractivity contribution in [2.75, 3.05) is 38.7 Å². The zero-order valence-corrected chi connectivity index (χ0v) is 16.0. The van der Waals surface area contributed by atoms with Crippen LogP contribution in [-0.2, 0) is 9.53 Å². The Labute approximate surface area is 151 Å². The molecule has 1 aliphatic rings. The molecule has 0 radical (unpaired) electrons. The summed E-state index contributed by atoms with van der Waals surface area (Å²) < 4.78 is 11.3. The smallest absolute Gasteiger partial charge is 0.256 e. The molecule has 1 aromatic rings. The summed E-state index contributed by atoms with van der Waals surface area (Å²) in [5.74, 6) is 1.09. The number of anilines is 1. The van der Waals surface area contributed by atoms with Crippen LogP contribution in [0.25, 0.3) is 0 Å². The lowest BCUT2D eigenvalue weighted by molar-refractivity contribution is -0.137. The number of carbonyl (C=O) groups is 1. The highest BCUT2D eigenvalue weighted by Crippen LogP contribution is 2.23. The first-order chi connectivity index (χ1) is 11.9. The highest BCUT2D eigenvalue weighted by atomic mass is 16.5. The Morgan fingerprint density at radius 1 is 1.24 bits per heavy atom. The van der Waals surface area contributed by atoms with Crippen molar-refractivity contribution < 1.29 is 14.3 Å². The molecular formula is C20H32N2O3. The van der Waals surface area contributed by atoms with Crippen LogP contribution in [0.15, 0.2) is 24.3 Å². The number of hydrogen-bond acceptors (Lipinski definition) is 4. The van der Waals surface area contributed by atoms with E-state index < -0.39 is 5.60 Å². The van der Waals surface area contributed by atoms with Gasteiger partial charge in [0.1, 0.15) is 18.0 Å². The van der Waals surface area contributed by atoms with Crippen molar-refractivity contribution in [3.8, 4) is 5.75 Å². The molecular weight excluding hydrogens is 316 g/mol. The van der Waals surface area contributed by atoms with Crippen molar-refractivity contribution in [3.63, 3.8) is 0 Å². The van der Waals surface area contributed by atoms with Crippen LogP contribution >= 0.6 is 0 Å². The van der Waals surface area contributed by atoms with Gasteiger partial charge in [0.25, 0.3) is 5.91 Å². The number of amides is 1. The summed E-state index contributed by atoms with van der Waals surface area (Å²) >= 11 is 0. The molecule has 5 heteroatoms. The van der Waals surface area contributed by atoms with Crippen LogP contribution in [0.4, 0.5) is 5.69 Å². The molecule has 1 saturated heterocycles. The van der Waals surface area contributed by atoms with Crippen molar-refractivity contribution in [1.29, 1.82) is 0 Å². The van der Waals surface area contributed by atoms with Crippen LogP contribution < -0.4 is 10.1 Å². The van der Waals surface area contributed by atoms with E-state index in [0.717, 1.165) is 18.0 Å². The first-order valence-corrected chi connectivity index (χ1v) is 9.25. The van der Waals surface area contributed by atoms with Gasteiger partial charge in [-0.3, -0.25) is 9.69 Å². The predicted octanol–water partition coefficient (Wildman–Crippen LogP) is 3.55. The van der Waals surface area contributed by atoms with Crippen LogP contribution in [0.3, 0.4) is 0 Å². The Bertz CT molecular complexity index is 538. The van der Waals surface area contributed by atoms with E-state index >= 15 is 0 Å². The number of methoxy groups -OCH3 is 1. The van der Waals surface area contributed by atoms with Crippen LogP contribution in [-0.4, -0.2) is 49.8 Å². The van der Waals surface area contributed by atoms with E-state index in [1.807, 2.05) is 31.2 Å². The average Bonchev–Trinajstić information content (AvgIpc) is 3.09. The van der Waals surface area contributed by atoms with Gasteiger partial charge in [-0.15, -0.1) is 0 Å². The number of hydrogen-bond donors (Lipinski definition) is 1. The molecule has 0 bridgehead atoms. The molecule has 1 atom stereocenters. The number of ether oxygens (including phenoxy) is 2. The van der Waals surface area contributed by atoms with E-state index in [1.165, 1.54) is 25.9 Å². The molecule has 1 heterocycles. The minimum absolute atomic E-state index is 0.119. The molecule has 0 unspecified atom stereocenters. The van der Waals surface area contributed by atoms with Crippen molar-refractivity contribution in [3.05, 3.63) is 24.3 Å². The molecule has 1 fully saturated rings. The minimum Gasteiger partial charge on any atom is -0.492 e. The van der Waals surface area contributed by atoms with Crippen molar-refractivity contribution in [2.45, 2.75) is 45.6 Å². The second-order valence-electron chi connectivity index (χ2n) is 7.41. The minimum atomic E-state index is -0.820. The van der Waals surface area contributed by atoms with Crippen LogP contribution in [0.5, 0.6) is 5.75 Å². The third kappa shape index (κ3) is 6.01. The highest BCUT2D eigenvalue weighted by molar-refractivity contribution is 5.97. The number of carbonyl (C=O) groups excluding carboxylic acids is 1. The fourth-order valence-electron chi connectivity index (χ4n) is 3.24. The van der Waals surface area contributed by atoms with E-state index in [2.05, 4.69) is 24.1 Å². The fourth-order valence-corrected chi connectivity index (χ4v) is 3.24. The maximum atomic E-state index is 12.5. The van der Waals surface area contributed by atoms with Gasteiger partial charge in [0.2, 0.25) is 0 Å². The summed E-state index contributed by atoms with van der Waals surface area (Å²) in [6, 6.07) is 7.53. The van der Waals surface area contributed by atoms with Gasteiger partial charge in [0, 0.05) is 19.3 Å². The lowest BCUT2D eigenvalue weighted by Gasteiger charge is -2.28. The van der Waals surface area contributed by atoms with E-state index in [0.29, 0.717) is 18.9 Å². The van der Waals surface area contributed by atoms with Gasteiger partial charge in [-0.1, -0.05) is 13.8 Å². The molecule has 25 heavy (non-hydrogen) atoms. The molecule has 1 aromatic carbocycles. The van der Waals surface area contributed by atoms with Crippen LogP contribution in [0.2, 0.25) is 0 Å². The van der Waals surface area contributed by atoms with Crippen LogP contribution in [0, 0.1) is 5.92 Å². The average molecular weight is 348 g/mol. The Morgan fingerprint density at radius 2 is 1.88 bits per heavy atom. The second-order valence-corrected chi connectivity index (χ2v) is 7.41. The van der Waals surface area contributed by atoms with Gasteiger partial charge < -0.3 is 14.8 Å². The van der Waals surface area contributed by atoms with Crippen molar-refractivity contribution in [2.24, 2.45) is 5.92 Å².